The lowest BCUT2D eigenvalue weighted by Gasteiger charge is -2.11. The number of anilines is 1. The number of nitrogens with one attached hydrogen (secondary N) is 1. The summed E-state index contributed by atoms with van der Waals surface area (Å²) in [5.74, 6) is -0.543. The topological polar surface area (TPSA) is 86.0 Å². The number of nitrogens with zero attached hydrogens (tertiary/aromatic N) is 2. The first kappa shape index (κ1) is 12.4. The van der Waals surface area contributed by atoms with Gasteiger partial charge in [0, 0.05) is 5.56 Å². The number of nitriles is 1. The number of halogens is 1. The summed E-state index contributed by atoms with van der Waals surface area (Å²) in [5, 5.41) is 21.0. The Bertz CT molecular complexity index is 573. The Hall–Kier alpha value is -2.06. The van der Waals surface area contributed by atoms with Gasteiger partial charge in [0.1, 0.15) is 11.6 Å². The molecule has 0 bridgehead atoms. The highest BCUT2D eigenvalue weighted by molar-refractivity contribution is 6.31. The van der Waals surface area contributed by atoms with Gasteiger partial charge in [-0.1, -0.05) is 18.2 Å². The van der Waals surface area contributed by atoms with Crippen molar-refractivity contribution in [2.75, 3.05) is 5.32 Å². The smallest absolute Gasteiger partial charge is 0.265 e. The van der Waals surface area contributed by atoms with Crippen LogP contribution in [0.2, 0.25) is 5.15 Å². The lowest BCUT2D eigenvalue weighted by Crippen LogP contribution is -2.14. The second-order valence-corrected chi connectivity index (χ2v) is 4.40. The molecule has 0 atom stereocenters. The minimum atomic E-state index is -0.608. The maximum atomic E-state index is 11.6. The monoisotopic (exact) mass is 263 g/mol. The van der Waals surface area contributed by atoms with Gasteiger partial charge in [-0.2, -0.15) is 5.26 Å². The average Bonchev–Trinajstić information content (AvgIpc) is 3.17. The third-order valence-corrected chi connectivity index (χ3v) is 2.97. The van der Waals surface area contributed by atoms with Gasteiger partial charge in [0.25, 0.3) is 5.91 Å². The highest BCUT2D eigenvalue weighted by Crippen LogP contribution is 2.48. The number of pyridine rings is 1. The van der Waals surface area contributed by atoms with E-state index in [-0.39, 0.29) is 22.4 Å². The molecule has 1 aliphatic rings. The molecule has 1 aromatic rings. The van der Waals surface area contributed by atoms with Crippen molar-refractivity contribution >= 4 is 23.2 Å². The fraction of sp³-hybridized carbons (Fsp3) is 0.250. The molecular formula is C12H10ClN3O2. The van der Waals surface area contributed by atoms with Crippen molar-refractivity contribution in [1.29, 1.82) is 5.26 Å². The van der Waals surface area contributed by atoms with Crippen LogP contribution in [0.1, 0.15) is 24.3 Å². The molecule has 1 fully saturated rings. The maximum absolute atomic E-state index is 11.6. The van der Waals surface area contributed by atoms with Crippen LogP contribution in [-0.4, -0.2) is 16.0 Å². The quantitative estimate of drug-likeness (QED) is 0.498. The summed E-state index contributed by atoms with van der Waals surface area (Å²) in [6.07, 6.45) is 3.23. The van der Waals surface area contributed by atoms with Crippen LogP contribution in [0, 0.1) is 11.3 Å². The van der Waals surface area contributed by atoms with Crippen molar-refractivity contribution in [2.24, 2.45) is 0 Å². The second kappa shape index (κ2) is 4.67. The molecule has 0 unspecified atom stereocenters. The van der Waals surface area contributed by atoms with E-state index in [0.29, 0.717) is 11.3 Å². The fourth-order valence-electron chi connectivity index (χ4n) is 1.62. The van der Waals surface area contributed by atoms with Crippen LogP contribution in [0.3, 0.4) is 0 Å². The van der Waals surface area contributed by atoms with E-state index in [1.165, 1.54) is 6.20 Å². The summed E-state index contributed by atoms with van der Waals surface area (Å²) in [6.45, 7) is 3.32. The van der Waals surface area contributed by atoms with Gasteiger partial charge in [-0.15, -0.1) is 0 Å². The van der Waals surface area contributed by atoms with Gasteiger partial charge < -0.3 is 10.4 Å². The highest BCUT2D eigenvalue weighted by atomic mass is 35.5. The van der Waals surface area contributed by atoms with E-state index >= 15 is 0 Å². The lowest BCUT2D eigenvalue weighted by molar-refractivity contribution is -0.112. The first-order valence-electron chi connectivity index (χ1n) is 5.32. The van der Waals surface area contributed by atoms with E-state index in [1.807, 2.05) is 0 Å². The number of carbonyl (C=O) groups excluding carboxylic acids is 1. The highest BCUT2D eigenvalue weighted by Gasteiger charge is 2.31. The summed E-state index contributed by atoms with van der Waals surface area (Å²) in [5.41, 5.74) is 0.751. The SMILES string of the molecule is C=C(C#N)C(=O)Nc1cnc(Cl)c(O)c1C1CC1. The molecule has 6 heteroatoms. The molecule has 1 aliphatic carbocycles. The first-order chi connectivity index (χ1) is 8.54. The average molecular weight is 264 g/mol. The van der Waals surface area contributed by atoms with Crippen LogP contribution in [-0.2, 0) is 4.79 Å². The molecule has 0 saturated heterocycles. The zero-order chi connectivity index (χ0) is 13.3. The van der Waals surface area contributed by atoms with Gasteiger partial charge in [-0.05, 0) is 18.8 Å². The van der Waals surface area contributed by atoms with E-state index in [0.717, 1.165) is 12.8 Å². The first-order valence-corrected chi connectivity index (χ1v) is 5.70. The van der Waals surface area contributed by atoms with Crippen molar-refractivity contribution in [3.8, 4) is 11.8 Å². The number of rotatable bonds is 3. The van der Waals surface area contributed by atoms with Crippen LogP contribution in [0.25, 0.3) is 0 Å². The number of aromatic hydroxyl groups is 1. The second-order valence-electron chi connectivity index (χ2n) is 4.04. The standard InChI is InChI=1S/C12H10ClN3O2/c1-6(4-14)12(18)16-8-5-15-11(13)10(17)9(8)7-2-3-7/h5,7,17H,1-3H2,(H,16,18). The van der Waals surface area contributed by atoms with Crippen molar-refractivity contribution in [3.05, 3.63) is 29.1 Å². The van der Waals surface area contributed by atoms with Gasteiger partial charge in [0.05, 0.1) is 11.9 Å². The Kier molecular flexibility index (Phi) is 3.21. The number of hydrogen-bond donors (Lipinski definition) is 2. The van der Waals surface area contributed by atoms with Gasteiger partial charge in [-0.3, -0.25) is 4.79 Å². The van der Waals surface area contributed by atoms with Crippen LogP contribution in [0.5, 0.6) is 5.75 Å². The molecule has 92 valence electrons. The molecule has 1 amide bonds. The Morgan fingerprint density at radius 2 is 2.33 bits per heavy atom. The van der Waals surface area contributed by atoms with Crippen LogP contribution >= 0.6 is 11.6 Å². The van der Waals surface area contributed by atoms with Crippen molar-refractivity contribution in [2.45, 2.75) is 18.8 Å². The third-order valence-electron chi connectivity index (χ3n) is 2.69. The molecule has 2 N–H and O–H groups in total. The van der Waals surface area contributed by atoms with Crippen LogP contribution < -0.4 is 5.32 Å². The molecule has 1 saturated carbocycles. The third kappa shape index (κ3) is 2.29. The predicted octanol–water partition coefficient (Wildman–Crippen LogP) is 2.34. The number of aromatic nitrogens is 1. The van der Waals surface area contributed by atoms with Gasteiger partial charge in [0.15, 0.2) is 10.9 Å². The van der Waals surface area contributed by atoms with Gasteiger partial charge >= 0.3 is 0 Å². The Morgan fingerprint density at radius 3 is 2.89 bits per heavy atom. The normalized spacial score (nSPS) is 13.8. The lowest BCUT2D eigenvalue weighted by atomic mass is 10.1. The summed E-state index contributed by atoms with van der Waals surface area (Å²) in [4.78, 5) is 15.3. The Morgan fingerprint density at radius 1 is 1.67 bits per heavy atom. The predicted molar refractivity (Wildman–Crippen MR) is 66.3 cm³/mol. The molecule has 18 heavy (non-hydrogen) atoms. The summed E-state index contributed by atoms with van der Waals surface area (Å²) < 4.78 is 0. The molecule has 1 heterocycles. The van der Waals surface area contributed by atoms with Crippen molar-refractivity contribution in [3.63, 3.8) is 0 Å². The van der Waals surface area contributed by atoms with E-state index < -0.39 is 5.91 Å². The Balaban J connectivity index is 2.34. The largest absolute Gasteiger partial charge is 0.504 e. The summed E-state index contributed by atoms with van der Waals surface area (Å²) in [6, 6.07) is 1.66. The molecule has 0 aliphatic heterocycles. The molecule has 5 nitrogen and oxygen atoms in total. The zero-order valence-electron chi connectivity index (χ0n) is 9.40. The number of amides is 1. The molecule has 2 rings (SSSR count). The molecule has 0 radical (unpaired) electrons. The van der Waals surface area contributed by atoms with Crippen molar-refractivity contribution in [1.82, 2.24) is 4.98 Å². The van der Waals surface area contributed by atoms with E-state index in [4.69, 9.17) is 16.9 Å². The van der Waals surface area contributed by atoms with E-state index in [9.17, 15) is 9.90 Å². The molecular weight excluding hydrogens is 254 g/mol. The summed E-state index contributed by atoms with van der Waals surface area (Å²) >= 11 is 5.74. The molecule has 1 aromatic heterocycles. The summed E-state index contributed by atoms with van der Waals surface area (Å²) in [7, 11) is 0. The van der Waals surface area contributed by atoms with Crippen LogP contribution in [0.15, 0.2) is 18.3 Å². The van der Waals surface area contributed by atoms with Gasteiger partial charge in [-0.25, -0.2) is 4.98 Å². The minimum Gasteiger partial charge on any atom is -0.504 e. The van der Waals surface area contributed by atoms with E-state index in [1.54, 1.807) is 6.07 Å². The minimum absolute atomic E-state index is 0.00834. The molecule has 0 spiro atoms. The number of hydrogen-bond acceptors (Lipinski definition) is 4. The Labute approximate surface area is 109 Å². The zero-order valence-corrected chi connectivity index (χ0v) is 10.2. The fourth-order valence-corrected chi connectivity index (χ4v) is 1.77. The van der Waals surface area contributed by atoms with E-state index in [2.05, 4.69) is 16.9 Å². The van der Waals surface area contributed by atoms with Gasteiger partial charge in [0.2, 0.25) is 0 Å². The number of carbonyl (C=O) groups is 1. The van der Waals surface area contributed by atoms with Crippen LogP contribution in [0.4, 0.5) is 5.69 Å². The molecule has 0 aromatic carbocycles. The maximum Gasteiger partial charge on any atom is 0.265 e. The van der Waals surface area contributed by atoms with Crippen molar-refractivity contribution < 1.29 is 9.90 Å².